The Bertz CT molecular complexity index is 283. The van der Waals surface area contributed by atoms with Gasteiger partial charge >= 0.3 is 0 Å². The molecule has 0 spiro atoms. The largest absolute Gasteiger partial charge is 0.313 e. The molecule has 0 aliphatic rings. The van der Waals surface area contributed by atoms with Crippen LogP contribution in [0, 0.1) is 5.92 Å². The predicted octanol–water partition coefficient (Wildman–Crippen LogP) is 2.15. The van der Waals surface area contributed by atoms with E-state index in [1.54, 1.807) is 0 Å². The average molecular weight is 227 g/mol. The molecule has 1 aromatic heterocycles. The Morgan fingerprint density at radius 3 is 2.73 bits per heavy atom. The van der Waals surface area contributed by atoms with Crippen LogP contribution in [0.1, 0.15) is 20.8 Å². The molecule has 0 bridgehead atoms. The second kappa shape index (κ2) is 6.18. The number of nitrogens with zero attached hydrogens (tertiary/aromatic N) is 2. The smallest absolute Gasteiger partial charge is 0.0625 e. The molecule has 0 aliphatic carbocycles. The van der Waals surface area contributed by atoms with Crippen molar-refractivity contribution in [2.45, 2.75) is 31.7 Å². The van der Waals surface area contributed by atoms with E-state index < -0.39 is 0 Å². The fraction of sp³-hybridized carbons (Fsp3) is 0.727. The van der Waals surface area contributed by atoms with Gasteiger partial charge in [-0.1, -0.05) is 13.8 Å². The third kappa shape index (κ3) is 4.71. The molecular formula is C11H21N3S. The monoisotopic (exact) mass is 227 g/mol. The minimum absolute atomic E-state index is 0.597. The second-order valence-corrected chi connectivity index (χ2v) is 5.35. The summed E-state index contributed by atoms with van der Waals surface area (Å²) in [6.07, 6.45) is 3.97. The Morgan fingerprint density at radius 2 is 2.20 bits per heavy atom. The first-order valence-electron chi connectivity index (χ1n) is 5.44. The highest BCUT2D eigenvalue weighted by atomic mass is 32.2. The zero-order valence-electron chi connectivity index (χ0n) is 10.0. The lowest BCUT2D eigenvalue weighted by molar-refractivity contribution is 0.438. The number of nitrogens with one attached hydrogen (secondary N) is 1. The van der Waals surface area contributed by atoms with Crippen molar-refractivity contribution in [1.29, 1.82) is 0 Å². The van der Waals surface area contributed by atoms with Gasteiger partial charge in [0, 0.05) is 36.5 Å². The van der Waals surface area contributed by atoms with Crippen LogP contribution >= 0.6 is 11.8 Å². The first-order chi connectivity index (χ1) is 7.09. The Labute approximate surface area is 96.6 Å². The molecular weight excluding hydrogens is 206 g/mol. The zero-order valence-corrected chi connectivity index (χ0v) is 10.8. The maximum atomic E-state index is 4.13. The van der Waals surface area contributed by atoms with E-state index in [4.69, 9.17) is 0 Å². The van der Waals surface area contributed by atoms with Crippen LogP contribution in [0.3, 0.4) is 0 Å². The summed E-state index contributed by atoms with van der Waals surface area (Å²) in [6, 6.07) is 0.597. The fourth-order valence-electron chi connectivity index (χ4n) is 1.16. The average Bonchev–Trinajstić information content (AvgIpc) is 2.58. The van der Waals surface area contributed by atoms with Gasteiger partial charge in [-0.05, 0) is 12.8 Å². The maximum Gasteiger partial charge on any atom is 0.0625 e. The molecule has 15 heavy (non-hydrogen) atoms. The van der Waals surface area contributed by atoms with Crippen molar-refractivity contribution in [1.82, 2.24) is 15.1 Å². The van der Waals surface area contributed by atoms with Gasteiger partial charge in [0.1, 0.15) is 0 Å². The summed E-state index contributed by atoms with van der Waals surface area (Å²) >= 11 is 1.85. The summed E-state index contributed by atoms with van der Waals surface area (Å²) in [5.41, 5.74) is 0. The standard InChI is InChI=1S/C11H21N3S/c1-9(2)10(3)12-5-6-15-11-7-13-14(4)8-11/h7-10,12H,5-6H2,1-4H3. The third-order valence-corrected chi connectivity index (χ3v) is 3.47. The Kier molecular flexibility index (Phi) is 5.19. The van der Waals surface area contributed by atoms with Crippen molar-refractivity contribution in [2.75, 3.05) is 12.3 Å². The molecule has 0 radical (unpaired) electrons. The highest BCUT2D eigenvalue weighted by Gasteiger charge is 2.05. The topological polar surface area (TPSA) is 29.9 Å². The highest BCUT2D eigenvalue weighted by molar-refractivity contribution is 7.99. The second-order valence-electron chi connectivity index (χ2n) is 4.18. The SMILES string of the molecule is CC(C)C(C)NCCSc1cnn(C)c1. The normalized spacial score (nSPS) is 13.4. The summed E-state index contributed by atoms with van der Waals surface area (Å²) in [4.78, 5) is 1.25. The number of aromatic nitrogens is 2. The van der Waals surface area contributed by atoms with Gasteiger partial charge in [0.15, 0.2) is 0 Å². The molecule has 0 saturated heterocycles. The predicted molar refractivity (Wildman–Crippen MR) is 66.2 cm³/mol. The van der Waals surface area contributed by atoms with Gasteiger partial charge in [-0.25, -0.2) is 0 Å². The first kappa shape index (κ1) is 12.6. The lowest BCUT2D eigenvalue weighted by atomic mass is 10.1. The van der Waals surface area contributed by atoms with Crippen molar-refractivity contribution in [3.05, 3.63) is 12.4 Å². The molecule has 1 heterocycles. The minimum Gasteiger partial charge on any atom is -0.313 e. The molecule has 1 unspecified atom stereocenters. The van der Waals surface area contributed by atoms with Gasteiger partial charge in [-0.2, -0.15) is 5.10 Å². The molecule has 0 amide bonds. The van der Waals surface area contributed by atoms with Crippen LogP contribution < -0.4 is 5.32 Å². The number of thioether (sulfide) groups is 1. The van der Waals surface area contributed by atoms with Gasteiger partial charge in [-0.15, -0.1) is 11.8 Å². The molecule has 1 rings (SSSR count). The molecule has 4 heteroatoms. The highest BCUT2D eigenvalue weighted by Crippen LogP contribution is 2.15. The Morgan fingerprint density at radius 1 is 1.47 bits per heavy atom. The van der Waals surface area contributed by atoms with E-state index in [1.165, 1.54) is 4.90 Å². The van der Waals surface area contributed by atoms with Crippen molar-refractivity contribution >= 4 is 11.8 Å². The molecule has 1 aromatic rings. The van der Waals surface area contributed by atoms with Crippen LogP contribution in [0.4, 0.5) is 0 Å². The quantitative estimate of drug-likeness (QED) is 0.596. The summed E-state index contributed by atoms with van der Waals surface area (Å²) in [5.74, 6) is 1.80. The van der Waals surface area contributed by atoms with E-state index in [0.717, 1.165) is 12.3 Å². The Balaban J connectivity index is 2.12. The lowest BCUT2D eigenvalue weighted by Gasteiger charge is -2.16. The van der Waals surface area contributed by atoms with Gasteiger partial charge in [0.25, 0.3) is 0 Å². The number of hydrogen-bond donors (Lipinski definition) is 1. The molecule has 0 aliphatic heterocycles. The number of rotatable bonds is 6. The zero-order chi connectivity index (χ0) is 11.3. The van der Waals surface area contributed by atoms with Crippen LogP contribution in [0.25, 0.3) is 0 Å². The summed E-state index contributed by atoms with van der Waals surface area (Å²) in [5, 5.41) is 7.65. The molecule has 0 fully saturated rings. The van der Waals surface area contributed by atoms with E-state index in [-0.39, 0.29) is 0 Å². The van der Waals surface area contributed by atoms with Crippen LogP contribution in [0.5, 0.6) is 0 Å². The molecule has 3 nitrogen and oxygen atoms in total. The molecule has 0 saturated carbocycles. The molecule has 0 aromatic carbocycles. The van der Waals surface area contributed by atoms with Gasteiger partial charge in [-0.3, -0.25) is 4.68 Å². The van der Waals surface area contributed by atoms with Gasteiger partial charge in [0.2, 0.25) is 0 Å². The van der Waals surface area contributed by atoms with Crippen LogP contribution in [-0.2, 0) is 7.05 Å². The summed E-state index contributed by atoms with van der Waals surface area (Å²) < 4.78 is 1.84. The van der Waals surface area contributed by atoms with E-state index >= 15 is 0 Å². The van der Waals surface area contributed by atoms with Gasteiger partial charge in [0.05, 0.1) is 6.20 Å². The third-order valence-electron chi connectivity index (χ3n) is 2.52. The number of hydrogen-bond acceptors (Lipinski definition) is 3. The van der Waals surface area contributed by atoms with Crippen LogP contribution in [-0.4, -0.2) is 28.1 Å². The van der Waals surface area contributed by atoms with Crippen molar-refractivity contribution in [3.8, 4) is 0 Å². The fourth-order valence-corrected chi connectivity index (χ4v) is 1.97. The van der Waals surface area contributed by atoms with Crippen molar-refractivity contribution in [3.63, 3.8) is 0 Å². The van der Waals surface area contributed by atoms with E-state index in [2.05, 4.69) is 37.4 Å². The van der Waals surface area contributed by atoms with Crippen LogP contribution in [0.15, 0.2) is 17.3 Å². The lowest BCUT2D eigenvalue weighted by Crippen LogP contribution is -2.32. The van der Waals surface area contributed by atoms with Crippen molar-refractivity contribution < 1.29 is 0 Å². The molecule has 1 atom stereocenters. The van der Waals surface area contributed by atoms with Gasteiger partial charge < -0.3 is 5.32 Å². The number of aryl methyl sites for hydroxylation is 1. The van der Waals surface area contributed by atoms with Crippen LogP contribution in [0.2, 0.25) is 0 Å². The minimum atomic E-state index is 0.597. The maximum absolute atomic E-state index is 4.13. The van der Waals surface area contributed by atoms with E-state index in [9.17, 15) is 0 Å². The summed E-state index contributed by atoms with van der Waals surface area (Å²) in [7, 11) is 1.95. The van der Waals surface area contributed by atoms with Crippen molar-refractivity contribution in [2.24, 2.45) is 13.0 Å². The molecule has 86 valence electrons. The Hall–Kier alpha value is -0.480. The molecule has 1 N–H and O–H groups in total. The van der Waals surface area contributed by atoms with E-state index in [1.807, 2.05) is 29.7 Å². The van der Waals surface area contributed by atoms with E-state index in [0.29, 0.717) is 12.0 Å². The first-order valence-corrected chi connectivity index (χ1v) is 6.43. The summed E-state index contributed by atoms with van der Waals surface area (Å²) in [6.45, 7) is 7.77.